The Morgan fingerprint density at radius 1 is 0.829 bits per heavy atom. The van der Waals surface area contributed by atoms with Crippen LogP contribution < -0.4 is 16.0 Å². The highest BCUT2D eigenvalue weighted by molar-refractivity contribution is 7.47. The Balaban J connectivity index is 4.38. The van der Waals surface area contributed by atoms with Crippen molar-refractivity contribution in [1.29, 1.82) is 0 Å². The molecular formula is C24H41N4O12P. The Morgan fingerprint density at radius 2 is 1.46 bits per heavy atom. The van der Waals surface area contributed by atoms with E-state index in [1.54, 1.807) is 6.92 Å². The molecule has 17 heteroatoms. The number of carbonyl (C=O) groups is 7. The molecule has 234 valence electrons. The lowest BCUT2D eigenvalue weighted by molar-refractivity contribution is -0.146. The molecule has 0 radical (unpaired) electrons. The van der Waals surface area contributed by atoms with E-state index in [-0.39, 0.29) is 50.8 Å². The summed E-state index contributed by atoms with van der Waals surface area (Å²) in [5.41, 5.74) is 0. The normalized spacial score (nSPS) is 12.9. The number of rotatable bonds is 23. The number of nitrogens with one attached hydrogen (secondary N) is 3. The third kappa shape index (κ3) is 20.3. The number of aliphatic carboxylic acids is 1. The maximum atomic E-state index is 12.4. The maximum absolute atomic E-state index is 12.4. The van der Waals surface area contributed by atoms with Gasteiger partial charge in [0.15, 0.2) is 11.6 Å². The molecule has 0 aromatic carbocycles. The standard InChI is InChI=1S/C24H41N4O12P/c1-4-17(3)16-40-41(37,38)39-11-10-26-21(32)12-22(33)27-13-18(29)7-9-23(34)28(15-24(35)36)14-19(30)6-8-20(31)25-5-2/h17H,4-16H2,1-3H3,(H,25,31)(H,26,32)(H,27,33)(H,35,36)(H,37,38). The van der Waals surface area contributed by atoms with Gasteiger partial charge in [-0.2, -0.15) is 0 Å². The molecule has 0 saturated heterocycles. The van der Waals surface area contributed by atoms with Gasteiger partial charge in [0.2, 0.25) is 23.6 Å². The highest BCUT2D eigenvalue weighted by atomic mass is 31.2. The van der Waals surface area contributed by atoms with Crippen molar-refractivity contribution < 1.29 is 57.2 Å². The SMILES string of the molecule is CCNC(=O)CCC(=O)CN(CC(=O)O)C(=O)CCC(=O)CNC(=O)CC(=O)NCCOP(=O)(O)OCC(C)CC. The third-order valence-electron chi connectivity index (χ3n) is 5.37. The number of carboxylic acids is 1. The van der Waals surface area contributed by atoms with Gasteiger partial charge in [-0.05, 0) is 12.8 Å². The van der Waals surface area contributed by atoms with Gasteiger partial charge in [0, 0.05) is 38.8 Å². The van der Waals surface area contributed by atoms with E-state index in [2.05, 4.69) is 16.0 Å². The molecule has 0 heterocycles. The Morgan fingerprint density at radius 3 is 2.07 bits per heavy atom. The van der Waals surface area contributed by atoms with E-state index in [4.69, 9.17) is 14.2 Å². The van der Waals surface area contributed by atoms with Gasteiger partial charge >= 0.3 is 13.8 Å². The number of hydrogen-bond acceptors (Lipinski definition) is 10. The third-order valence-corrected chi connectivity index (χ3v) is 6.35. The first-order chi connectivity index (χ1) is 19.2. The first kappa shape index (κ1) is 37.8. The second kappa shape index (κ2) is 20.6. The number of hydrogen-bond donors (Lipinski definition) is 5. The summed E-state index contributed by atoms with van der Waals surface area (Å²) < 4.78 is 21.3. The number of phosphoric acid groups is 1. The second-order valence-corrected chi connectivity index (χ2v) is 10.5. The fourth-order valence-corrected chi connectivity index (χ4v) is 3.75. The molecule has 0 fully saturated rings. The van der Waals surface area contributed by atoms with E-state index in [0.717, 1.165) is 11.3 Å². The van der Waals surface area contributed by atoms with Crippen LogP contribution in [-0.4, -0.2) is 102 Å². The predicted octanol–water partition coefficient (Wildman–Crippen LogP) is -0.463. The van der Waals surface area contributed by atoms with E-state index in [9.17, 15) is 43.0 Å². The minimum atomic E-state index is -4.27. The van der Waals surface area contributed by atoms with Crippen molar-refractivity contribution >= 4 is 49.0 Å². The van der Waals surface area contributed by atoms with Crippen molar-refractivity contribution in [3.05, 3.63) is 0 Å². The Kier molecular flexibility index (Phi) is 19.0. The minimum Gasteiger partial charge on any atom is -0.480 e. The number of Topliss-reactive ketones (excluding diaryl/α,β-unsaturated/α-hetero) is 2. The molecule has 0 rings (SSSR count). The summed E-state index contributed by atoms with van der Waals surface area (Å²) in [6.07, 6.45) is -0.954. The molecule has 0 aromatic rings. The summed E-state index contributed by atoms with van der Waals surface area (Å²) in [5, 5.41) is 16.1. The highest BCUT2D eigenvalue weighted by Crippen LogP contribution is 2.43. The minimum absolute atomic E-state index is 0.0322. The van der Waals surface area contributed by atoms with Crippen LogP contribution in [0, 0.1) is 5.92 Å². The Hall–Kier alpha value is -3.20. The van der Waals surface area contributed by atoms with Crippen LogP contribution in [-0.2, 0) is 47.2 Å². The molecule has 0 aliphatic carbocycles. The van der Waals surface area contributed by atoms with Crippen LogP contribution in [0.4, 0.5) is 0 Å². The molecule has 0 aromatic heterocycles. The highest BCUT2D eigenvalue weighted by Gasteiger charge is 2.23. The summed E-state index contributed by atoms with van der Waals surface area (Å²) in [5.74, 6) is -5.04. The van der Waals surface area contributed by atoms with Gasteiger partial charge in [0.25, 0.3) is 0 Å². The molecule has 2 atom stereocenters. The molecule has 0 aliphatic heterocycles. The molecule has 0 aliphatic rings. The zero-order valence-corrected chi connectivity index (χ0v) is 24.5. The lowest BCUT2D eigenvalue weighted by Crippen LogP contribution is -2.40. The Labute approximate surface area is 238 Å². The molecule has 0 saturated carbocycles. The monoisotopic (exact) mass is 608 g/mol. The van der Waals surface area contributed by atoms with Crippen molar-refractivity contribution in [3.63, 3.8) is 0 Å². The zero-order valence-electron chi connectivity index (χ0n) is 23.6. The number of carbonyl (C=O) groups excluding carboxylic acids is 6. The first-order valence-electron chi connectivity index (χ1n) is 13.1. The number of ketones is 2. The molecule has 41 heavy (non-hydrogen) atoms. The molecule has 0 bridgehead atoms. The fraction of sp³-hybridized carbons (Fsp3) is 0.708. The van der Waals surface area contributed by atoms with Crippen molar-refractivity contribution in [2.75, 3.05) is 45.9 Å². The van der Waals surface area contributed by atoms with Gasteiger partial charge in [-0.15, -0.1) is 0 Å². The number of nitrogens with zero attached hydrogens (tertiary/aromatic N) is 1. The molecule has 16 nitrogen and oxygen atoms in total. The fourth-order valence-electron chi connectivity index (χ4n) is 2.91. The summed E-state index contributed by atoms with van der Waals surface area (Å²) >= 11 is 0. The van der Waals surface area contributed by atoms with E-state index in [0.29, 0.717) is 6.54 Å². The van der Waals surface area contributed by atoms with Crippen molar-refractivity contribution in [2.45, 2.75) is 59.3 Å². The summed E-state index contributed by atoms with van der Waals surface area (Å²) in [6.45, 7) is 3.55. The average Bonchev–Trinajstić information content (AvgIpc) is 2.90. The Bertz CT molecular complexity index is 974. The van der Waals surface area contributed by atoms with Crippen LogP contribution in [0.1, 0.15) is 59.3 Å². The summed E-state index contributed by atoms with van der Waals surface area (Å²) in [7, 11) is -4.27. The molecule has 0 spiro atoms. The van der Waals surface area contributed by atoms with E-state index < -0.39 is 75.6 Å². The van der Waals surface area contributed by atoms with E-state index in [1.165, 1.54) is 0 Å². The largest absolute Gasteiger partial charge is 0.480 e. The second-order valence-electron chi connectivity index (χ2n) is 9.09. The van der Waals surface area contributed by atoms with Gasteiger partial charge in [0.05, 0.1) is 26.3 Å². The van der Waals surface area contributed by atoms with Gasteiger partial charge < -0.3 is 30.9 Å². The smallest absolute Gasteiger partial charge is 0.472 e. The van der Waals surface area contributed by atoms with Crippen LogP contribution in [0.2, 0.25) is 0 Å². The lowest BCUT2D eigenvalue weighted by atomic mass is 10.1. The van der Waals surface area contributed by atoms with Crippen LogP contribution in [0.3, 0.4) is 0 Å². The van der Waals surface area contributed by atoms with Crippen LogP contribution in [0.15, 0.2) is 0 Å². The van der Waals surface area contributed by atoms with Gasteiger partial charge in [0.1, 0.15) is 13.0 Å². The maximum Gasteiger partial charge on any atom is 0.472 e. The summed E-state index contributed by atoms with van der Waals surface area (Å²) in [4.78, 5) is 93.2. The van der Waals surface area contributed by atoms with Crippen molar-refractivity contribution in [1.82, 2.24) is 20.9 Å². The van der Waals surface area contributed by atoms with Gasteiger partial charge in [-0.25, -0.2) is 4.57 Å². The molecule has 2 unspecified atom stereocenters. The lowest BCUT2D eigenvalue weighted by Gasteiger charge is -2.20. The first-order valence-corrected chi connectivity index (χ1v) is 14.6. The average molecular weight is 609 g/mol. The number of amides is 4. The van der Waals surface area contributed by atoms with Crippen LogP contribution in [0.5, 0.6) is 0 Å². The molecule has 4 amide bonds. The predicted molar refractivity (Wildman–Crippen MR) is 143 cm³/mol. The van der Waals surface area contributed by atoms with Crippen molar-refractivity contribution in [3.8, 4) is 0 Å². The summed E-state index contributed by atoms with van der Waals surface area (Å²) in [6, 6.07) is 0. The van der Waals surface area contributed by atoms with Gasteiger partial charge in [-0.3, -0.25) is 42.6 Å². The molecule has 5 N–H and O–H groups in total. The van der Waals surface area contributed by atoms with Crippen molar-refractivity contribution in [2.24, 2.45) is 5.92 Å². The quantitative estimate of drug-likeness (QED) is 0.0563. The topological polar surface area (TPSA) is 235 Å². The number of phosphoric ester groups is 1. The van der Waals surface area contributed by atoms with Crippen LogP contribution >= 0.6 is 7.82 Å². The van der Waals surface area contributed by atoms with Crippen LogP contribution in [0.25, 0.3) is 0 Å². The van der Waals surface area contributed by atoms with Gasteiger partial charge in [-0.1, -0.05) is 20.3 Å². The molecular weight excluding hydrogens is 567 g/mol. The zero-order chi connectivity index (χ0) is 31.4. The van der Waals surface area contributed by atoms with E-state index in [1.807, 2.05) is 13.8 Å². The van der Waals surface area contributed by atoms with E-state index >= 15 is 0 Å². The number of carboxylic acid groups (broad SMARTS) is 1.